The molecule has 2 saturated heterocycles. The number of urea groups is 1. The van der Waals surface area contributed by atoms with E-state index in [1.165, 1.54) is 5.56 Å². The summed E-state index contributed by atoms with van der Waals surface area (Å²) in [4.78, 5) is 19.0. The molecule has 0 saturated carbocycles. The van der Waals surface area contributed by atoms with Crippen molar-refractivity contribution >= 4 is 12.1 Å². The molecule has 0 aromatic heterocycles. The van der Waals surface area contributed by atoms with Crippen LogP contribution in [0.1, 0.15) is 5.56 Å². The van der Waals surface area contributed by atoms with Crippen molar-refractivity contribution in [2.24, 2.45) is 5.92 Å². The number of hydrogen-bond donors (Lipinski definition) is 1. The van der Waals surface area contributed by atoms with Crippen LogP contribution in [-0.2, 0) is 4.74 Å². The van der Waals surface area contributed by atoms with Gasteiger partial charge in [-0.2, -0.15) is 0 Å². The third kappa shape index (κ3) is 6.65. The molecule has 2 amide bonds. The van der Waals surface area contributed by atoms with E-state index in [-0.39, 0.29) is 6.03 Å². The summed E-state index contributed by atoms with van der Waals surface area (Å²) in [5.74, 6) is 0.367. The van der Waals surface area contributed by atoms with Gasteiger partial charge in [-0.15, -0.1) is 0 Å². The molecule has 2 aliphatic heterocycles. The fourth-order valence-electron chi connectivity index (χ4n) is 3.56. The van der Waals surface area contributed by atoms with E-state index in [4.69, 9.17) is 4.74 Å². The van der Waals surface area contributed by atoms with Gasteiger partial charge in [0, 0.05) is 58.3 Å². The summed E-state index contributed by atoms with van der Waals surface area (Å²) in [6, 6.07) is 10.4. The quantitative estimate of drug-likeness (QED) is 0.853. The topological polar surface area (TPSA) is 48.1 Å². The first-order chi connectivity index (χ1) is 13.2. The number of amides is 2. The van der Waals surface area contributed by atoms with Crippen LogP contribution in [0, 0.1) is 5.92 Å². The second-order valence-corrected chi connectivity index (χ2v) is 7.49. The Balaban J connectivity index is 1.34. The molecular weight excluding hydrogens is 340 g/mol. The smallest absolute Gasteiger partial charge is 0.317 e. The van der Waals surface area contributed by atoms with Gasteiger partial charge in [0.25, 0.3) is 0 Å². The molecule has 2 fully saturated rings. The highest BCUT2D eigenvalue weighted by Crippen LogP contribution is 2.07. The van der Waals surface area contributed by atoms with E-state index >= 15 is 0 Å². The summed E-state index contributed by atoms with van der Waals surface area (Å²) in [7, 11) is 2.11. The number of nitrogens with one attached hydrogen (secondary N) is 1. The summed E-state index contributed by atoms with van der Waals surface area (Å²) in [6.07, 6.45) is 4.36. The average Bonchev–Trinajstić information content (AvgIpc) is 2.91. The Kier molecular flexibility index (Phi) is 7.68. The van der Waals surface area contributed by atoms with Crippen LogP contribution in [0.15, 0.2) is 36.4 Å². The highest BCUT2D eigenvalue weighted by Gasteiger charge is 2.22. The van der Waals surface area contributed by atoms with E-state index in [0.29, 0.717) is 12.5 Å². The Morgan fingerprint density at radius 1 is 1.19 bits per heavy atom. The van der Waals surface area contributed by atoms with E-state index in [2.05, 4.69) is 58.6 Å². The van der Waals surface area contributed by atoms with E-state index in [1.807, 2.05) is 11.0 Å². The molecular formula is C21H32N4O2. The van der Waals surface area contributed by atoms with Gasteiger partial charge in [0.15, 0.2) is 0 Å². The number of piperazine rings is 1. The maximum absolute atomic E-state index is 12.4. The molecule has 1 unspecified atom stereocenters. The van der Waals surface area contributed by atoms with Crippen LogP contribution in [0.4, 0.5) is 4.79 Å². The number of benzene rings is 1. The van der Waals surface area contributed by atoms with Gasteiger partial charge >= 0.3 is 6.03 Å². The van der Waals surface area contributed by atoms with Gasteiger partial charge in [0.1, 0.15) is 0 Å². The Morgan fingerprint density at radius 3 is 2.74 bits per heavy atom. The van der Waals surface area contributed by atoms with E-state index in [1.54, 1.807) is 0 Å². The molecule has 2 aliphatic rings. The lowest BCUT2D eigenvalue weighted by molar-refractivity contribution is 0.119. The molecule has 148 valence electrons. The molecule has 3 rings (SSSR count). The van der Waals surface area contributed by atoms with Crippen LogP contribution in [0.2, 0.25) is 0 Å². The van der Waals surface area contributed by atoms with Gasteiger partial charge in [-0.1, -0.05) is 42.5 Å². The summed E-state index contributed by atoms with van der Waals surface area (Å²) in [5, 5.41) is 3.10. The van der Waals surface area contributed by atoms with Gasteiger partial charge in [-0.25, -0.2) is 4.79 Å². The molecule has 1 N–H and O–H groups in total. The first kappa shape index (κ1) is 19.9. The summed E-state index contributed by atoms with van der Waals surface area (Å²) in [6.45, 7) is 8.46. The molecule has 27 heavy (non-hydrogen) atoms. The molecule has 6 heteroatoms. The Hall–Kier alpha value is -1.89. The minimum atomic E-state index is 0.0568. The van der Waals surface area contributed by atoms with Crippen LogP contribution < -0.4 is 5.32 Å². The zero-order valence-electron chi connectivity index (χ0n) is 16.3. The van der Waals surface area contributed by atoms with Crippen molar-refractivity contribution in [1.82, 2.24) is 20.0 Å². The zero-order valence-corrected chi connectivity index (χ0v) is 16.3. The first-order valence-electron chi connectivity index (χ1n) is 9.94. The van der Waals surface area contributed by atoms with Gasteiger partial charge in [0.2, 0.25) is 0 Å². The number of carbonyl (C=O) groups excluding carboxylic acids is 1. The molecule has 6 nitrogen and oxygen atoms in total. The predicted octanol–water partition coefficient (Wildman–Crippen LogP) is 1.61. The van der Waals surface area contributed by atoms with E-state index < -0.39 is 0 Å². The molecule has 1 aromatic rings. The maximum Gasteiger partial charge on any atom is 0.317 e. The molecule has 1 atom stereocenters. The normalized spacial score (nSPS) is 22.7. The lowest BCUT2D eigenvalue weighted by Crippen LogP contribution is -2.52. The van der Waals surface area contributed by atoms with Crippen LogP contribution in [0.5, 0.6) is 0 Å². The highest BCUT2D eigenvalue weighted by atomic mass is 16.5. The molecule has 0 bridgehead atoms. The SMILES string of the molecule is CN1CCOCC(CNC(=O)N2CCN(C/C=C/c3ccccc3)CC2)C1. The number of nitrogens with zero attached hydrogens (tertiary/aromatic N) is 3. The number of rotatable bonds is 5. The Morgan fingerprint density at radius 2 is 1.96 bits per heavy atom. The number of hydrogen-bond acceptors (Lipinski definition) is 4. The molecule has 2 heterocycles. The van der Waals surface area contributed by atoms with Gasteiger partial charge in [0.05, 0.1) is 13.2 Å². The van der Waals surface area contributed by atoms with Crippen LogP contribution in [0.3, 0.4) is 0 Å². The highest BCUT2D eigenvalue weighted by molar-refractivity contribution is 5.74. The van der Waals surface area contributed by atoms with Crippen molar-refractivity contribution in [1.29, 1.82) is 0 Å². The summed E-state index contributed by atoms with van der Waals surface area (Å²) in [5.41, 5.74) is 1.23. The van der Waals surface area contributed by atoms with Crippen LogP contribution in [-0.4, -0.2) is 93.4 Å². The van der Waals surface area contributed by atoms with E-state index in [9.17, 15) is 4.79 Å². The molecule has 0 spiro atoms. The Labute approximate surface area is 162 Å². The number of ether oxygens (including phenoxy) is 1. The Bertz CT molecular complexity index is 599. The lowest BCUT2D eigenvalue weighted by Gasteiger charge is -2.34. The number of carbonyl (C=O) groups is 1. The van der Waals surface area contributed by atoms with Gasteiger partial charge in [-0.3, -0.25) is 4.90 Å². The largest absolute Gasteiger partial charge is 0.380 e. The minimum Gasteiger partial charge on any atom is -0.380 e. The van der Waals surface area contributed by atoms with Gasteiger partial charge < -0.3 is 19.9 Å². The van der Waals surface area contributed by atoms with Crippen molar-refractivity contribution in [3.05, 3.63) is 42.0 Å². The van der Waals surface area contributed by atoms with Crippen molar-refractivity contribution in [2.75, 3.05) is 72.6 Å². The van der Waals surface area contributed by atoms with Crippen molar-refractivity contribution in [3.63, 3.8) is 0 Å². The van der Waals surface area contributed by atoms with E-state index in [0.717, 1.165) is 59.0 Å². The molecule has 0 radical (unpaired) electrons. The fourth-order valence-corrected chi connectivity index (χ4v) is 3.56. The second-order valence-electron chi connectivity index (χ2n) is 7.49. The first-order valence-corrected chi connectivity index (χ1v) is 9.94. The predicted molar refractivity (Wildman–Crippen MR) is 109 cm³/mol. The maximum atomic E-state index is 12.4. The summed E-state index contributed by atoms with van der Waals surface area (Å²) >= 11 is 0. The third-order valence-electron chi connectivity index (χ3n) is 5.22. The molecule has 1 aromatic carbocycles. The van der Waals surface area contributed by atoms with Crippen LogP contribution in [0.25, 0.3) is 6.08 Å². The lowest BCUT2D eigenvalue weighted by atomic mass is 10.1. The summed E-state index contributed by atoms with van der Waals surface area (Å²) < 4.78 is 5.62. The monoisotopic (exact) mass is 372 g/mol. The zero-order chi connectivity index (χ0) is 18.9. The number of likely N-dealkylation sites (N-methyl/N-ethyl adjacent to an activating group) is 1. The standard InChI is InChI=1S/C21H32N4O2/c1-23-14-15-27-18-20(17-23)16-22-21(26)25-12-10-24(11-13-25)9-5-8-19-6-3-2-4-7-19/h2-8,20H,9-18H2,1H3,(H,22,26)/b8-5+. The van der Waals surface area contributed by atoms with Crippen molar-refractivity contribution in [3.8, 4) is 0 Å². The van der Waals surface area contributed by atoms with Crippen LogP contribution >= 0.6 is 0 Å². The van der Waals surface area contributed by atoms with Crippen molar-refractivity contribution < 1.29 is 9.53 Å². The third-order valence-corrected chi connectivity index (χ3v) is 5.22. The van der Waals surface area contributed by atoms with Crippen molar-refractivity contribution in [2.45, 2.75) is 0 Å². The average molecular weight is 373 g/mol. The minimum absolute atomic E-state index is 0.0568. The second kappa shape index (κ2) is 10.4. The van der Waals surface area contributed by atoms with Gasteiger partial charge in [-0.05, 0) is 12.6 Å². The fraction of sp³-hybridized carbons (Fsp3) is 0.571. The molecule has 0 aliphatic carbocycles.